The van der Waals surface area contributed by atoms with Crippen molar-refractivity contribution < 1.29 is 9.84 Å². The Morgan fingerprint density at radius 2 is 1.95 bits per heavy atom. The third-order valence-corrected chi connectivity index (χ3v) is 4.01. The van der Waals surface area contributed by atoms with E-state index in [4.69, 9.17) is 10.5 Å². The van der Waals surface area contributed by atoms with Gasteiger partial charge in [-0.2, -0.15) is 0 Å². The number of para-hydroxylation sites is 1. The van der Waals surface area contributed by atoms with Crippen LogP contribution in [0.3, 0.4) is 0 Å². The van der Waals surface area contributed by atoms with Gasteiger partial charge in [0.15, 0.2) is 0 Å². The molecule has 0 unspecified atom stereocenters. The highest BCUT2D eigenvalue weighted by atomic mass is 16.5. The van der Waals surface area contributed by atoms with Gasteiger partial charge in [-0.15, -0.1) is 0 Å². The Labute approximate surface area is 121 Å². The molecule has 1 aliphatic carbocycles. The fourth-order valence-electron chi connectivity index (χ4n) is 2.80. The number of nitrogens with two attached hydrogens (primary N) is 1. The average molecular weight is 278 g/mol. The number of benzene rings is 1. The molecule has 0 radical (unpaired) electrons. The van der Waals surface area contributed by atoms with Gasteiger partial charge >= 0.3 is 0 Å². The lowest BCUT2D eigenvalue weighted by Gasteiger charge is -2.27. The third-order valence-electron chi connectivity index (χ3n) is 4.01. The number of nitrogens with one attached hydrogen (secondary N) is 1. The lowest BCUT2D eigenvalue weighted by molar-refractivity contribution is 0.0381. The Morgan fingerprint density at radius 3 is 2.60 bits per heavy atom. The van der Waals surface area contributed by atoms with Crippen molar-refractivity contribution in [2.24, 2.45) is 0 Å². The number of hydrogen-bond donors (Lipinski definition) is 3. The van der Waals surface area contributed by atoms with Crippen LogP contribution in [0, 0.1) is 0 Å². The highest BCUT2D eigenvalue weighted by Gasteiger charge is 2.27. The summed E-state index contributed by atoms with van der Waals surface area (Å²) in [6.07, 6.45) is 6.39. The van der Waals surface area contributed by atoms with E-state index in [-0.39, 0.29) is 0 Å². The van der Waals surface area contributed by atoms with E-state index in [9.17, 15) is 5.11 Å². The van der Waals surface area contributed by atoms with Crippen LogP contribution in [-0.2, 0) is 0 Å². The Hall–Kier alpha value is -1.42. The molecule has 1 fully saturated rings. The van der Waals surface area contributed by atoms with Crippen LogP contribution in [0.15, 0.2) is 18.2 Å². The zero-order valence-electron chi connectivity index (χ0n) is 12.3. The smallest absolute Gasteiger partial charge is 0.144 e. The molecule has 1 aromatic rings. The fourth-order valence-corrected chi connectivity index (χ4v) is 2.80. The van der Waals surface area contributed by atoms with Crippen molar-refractivity contribution in [3.63, 3.8) is 0 Å². The fraction of sp³-hybridized carbons (Fsp3) is 0.625. The lowest BCUT2D eigenvalue weighted by Crippen LogP contribution is -2.36. The molecule has 4 nitrogen and oxygen atoms in total. The topological polar surface area (TPSA) is 67.5 Å². The predicted molar refractivity (Wildman–Crippen MR) is 83.2 cm³/mol. The van der Waals surface area contributed by atoms with Gasteiger partial charge in [-0.3, -0.25) is 0 Å². The van der Waals surface area contributed by atoms with E-state index in [1.807, 2.05) is 25.1 Å². The van der Waals surface area contributed by atoms with Gasteiger partial charge in [-0.1, -0.05) is 31.7 Å². The second-order valence-electron chi connectivity index (χ2n) is 5.64. The number of aliphatic hydroxyl groups is 1. The van der Waals surface area contributed by atoms with Crippen molar-refractivity contribution in [2.45, 2.75) is 51.0 Å². The quantitative estimate of drug-likeness (QED) is 0.571. The minimum Gasteiger partial charge on any atom is -0.492 e. The van der Waals surface area contributed by atoms with Crippen LogP contribution >= 0.6 is 0 Å². The Kier molecular flexibility index (Phi) is 5.12. The SMILES string of the molecule is CCOc1cccc(NCC2(O)CCCCCC2)c1N. The Balaban J connectivity index is 2.01. The van der Waals surface area contributed by atoms with E-state index in [1.165, 1.54) is 12.8 Å². The van der Waals surface area contributed by atoms with Gasteiger partial charge in [0, 0.05) is 6.54 Å². The molecular weight excluding hydrogens is 252 g/mol. The predicted octanol–water partition coefficient (Wildman–Crippen LogP) is 3.16. The lowest BCUT2D eigenvalue weighted by atomic mass is 9.94. The first-order valence-corrected chi connectivity index (χ1v) is 7.62. The van der Waals surface area contributed by atoms with E-state index in [0.717, 1.165) is 31.4 Å². The van der Waals surface area contributed by atoms with Crippen molar-refractivity contribution in [3.05, 3.63) is 18.2 Å². The molecule has 0 aliphatic heterocycles. The number of nitrogen functional groups attached to an aromatic ring is 1. The molecule has 1 saturated carbocycles. The summed E-state index contributed by atoms with van der Waals surface area (Å²) in [5.74, 6) is 0.699. The number of rotatable bonds is 5. The first-order valence-electron chi connectivity index (χ1n) is 7.62. The summed E-state index contributed by atoms with van der Waals surface area (Å²) in [5, 5.41) is 13.9. The standard InChI is InChI=1S/C16H26N2O2/c1-2-20-14-9-7-8-13(15(14)17)18-12-16(19)10-5-3-4-6-11-16/h7-9,18-19H,2-6,10-12,17H2,1H3. The number of ether oxygens (including phenoxy) is 1. The highest BCUT2D eigenvalue weighted by molar-refractivity contribution is 5.73. The maximum atomic E-state index is 10.6. The zero-order valence-corrected chi connectivity index (χ0v) is 12.3. The number of hydrogen-bond acceptors (Lipinski definition) is 4. The first kappa shape index (κ1) is 15.0. The molecule has 0 spiro atoms. The Bertz CT molecular complexity index is 426. The summed E-state index contributed by atoms with van der Waals surface area (Å²) in [7, 11) is 0. The molecule has 4 N–H and O–H groups in total. The summed E-state index contributed by atoms with van der Waals surface area (Å²) < 4.78 is 5.49. The van der Waals surface area contributed by atoms with E-state index < -0.39 is 5.60 Å². The van der Waals surface area contributed by atoms with Crippen LogP contribution in [0.2, 0.25) is 0 Å². The van der Waals surface area contributed by atoms with Gasteiger partial charge in [-0.25, -0.2) is 0 Å². The van der Waals surface area contributed by atoms with Gasteiger partial charge in [0.1, 0.15) is 5.75 Å². The largest absolute Gasteiger partial charge is 0.492 e. The van der Waals surface area contributed by atoms with E-state index in [0.29, 0.717) is 24.6 Å². The molecule has 0 bridgehead atoms. The normalized spacial score (nSPS) is 18.3. The monoisotopic (exact) mass is 278 g/mol. The van der Waals surface area contributed by atoms with Crippen LogP contribution in [0.4, 0.5) is 11.4 Å². The molecule has 0 atom stereocenters. The van der Waals surface area contributed by atoms with Gasteiger partial charge in [0.2, 0.25) is 0 Å². The van der Waals surface area contributed by atoms with Crippen molar-refractivity contribution in [3.8, 4) is 5.75 Å². The van der Waals surface area contributed by atoms with Crippen LogP contribution in [0.1, 0.15) is 45.4 Å². The average Bonchev–Trinajstić information content (AvgIpc) is 2.65. The van der Waals surface area contributed by atoms with Crippen molar-refractivity contribution in [2.75, 3.05) is 24.2 Å². The summed E-state index contributed by atoms with van der Waals surface area (Å²) in [6, 6.07) is 5.71. The second kappa shape index (κ2) is 6.84. The minimum atomic E-state index is -0.607. The molecule has 0 amide bonds. The van der Waals surface area contributed by atoms with Crippen LogP contribution in [-0.4, -0.2) is 23.9 Å². The maximum Gasteiger partial charge on any atom is 0.144 e. The van der Waals surface area contributed by atoms with Gasteiger partial charge < -0.3 is 20.9 Å². The Morgan fingerprint density at radius 1 is 1.25 bits per heavy atom. The van der Waals surface area contributed by atoms with Crippen LogP contribution in [0.5, 0.6) is 5.75 Å². The summed E-state index contributed by atoms with van der Waals surface area (Å²) >= 11 is 0. The van der Waals surface area contributed by atoms with Crippen molar-refractivity contribution in [1.29, 1.82) is 0 Å². The number of anilines is 2. The maximum absolute atomic E-state index is 10.6. The van der Waals surface area contributed by atoms with Gasteiger partial charge in [-0.05, 0) is 31.9 Å². The zero-order chi connectivity index (χ0) is 14.4. The summed E-state index contributed by atoms with van der Waals surface area (Å²) in [4.78, 5) is 0. The third kappa shape index (κ3) is 3.79. The minimum absolute atomic E-state index is 0.548. The second-order valence-corrected chi connectivity index (χ2v) is 5.64. The molecule has 0 saturated heterocycles. The molecule has 0 heterocycles. The molecule has 20 heavy (non-hydrogen) atoms. The van der Waals surface area contributed by atoms with Crippen molar-refractivity contribution >= 4 is 11.4 Å². The highest BCUT2D eigenvalue weighted by Crippen LogP contribution is 2.31. The molecule has 2 rings (SSSR count). The molecule has 1 aromatic carbocycles. The van der Waals surface area contributed by atoms with Crippen LogP contribution < -0.4 is 15.8 Å². The molecule has 4 heteroatoms. The van der Waals surface area contributed by atoms with Gasteiger partial charge in [0.05, 0.1) is 23.6 Å². The summed E-state index contributed by atoms with van der Waals surface area (Å²) in [5.41, 5.74) is 6.94. The van der Waals surface area contributed by atoms with E-state index >= 15 is 0 Å². The van der Waals surface area contributed by atoms with Crippen LogP contribution in [0.25, 0.3) is 0 Å². The molecule has 1 aliphatic rings. The van der Waals surface area contributed by atoms with Crippen molar-refractivity contribution in [1.82, 2.24) is 0 Å². The molecule has 112 valence electrons. The molecule has 0 aromatic heterocycles. The van der Waals surface area contributed by atoms with E-state index in [2.05, 4.69) is 5.32 Å². The van der Waals surface area contributed by atoms with Gasteiger partial charge in [0.25, 0.3) is 0 Å². The first-order chi connectivity index (χ1) is 9.64. The van der Waals surface area contributed by atoms with E-state index in [1.54, 1.807) is 0 Å². The summed E-state index contributed by atoms with van der Waals surface area (Å²) in [6.45, 7) is 3.08. The molecular formula is C16H26N2O2.